The Kier molecular flexibility index (Phi) is 9.22. The van der Waals surface area contributed by atoms with Crippen LogP contribution >= 0.6 is 58.0 Å². The van der Waals surface area contributed by atoms with Crippen LogP contribution in [0, 0.1) is 0 Å². The molecular weight excluding hydrogens is 688 g/mol. The zero-order valence-electron chi connectivity index (χ0n) is 19.6. The minimum atomic E-state index is -4.79. The molecule has 0 atom stereocenters. The third-order valence-electron chi connectivity index (χ3n) is 4.91. The first-order valence-electron chi connectivity index (χ1n) is 10.5. The zero-order chi connectivity index (χ0) is 30.1. The van der Waals surface area contributed by atoms with Crippen LogP contribution in [0.3, 0.4) is 0 Å². The van der Waals surface area contributed by atoms with Gasteiger partial charge in [-0.05, 0) is 70.2 Å². The molecule has 2 aromatic carbocycles. The van der Waals surface area contributed by atoms with Gasteiger partial charge < -0.3 is 10.6 Å². The number of anilines is 4. The third-order valence-corrected chi connectivity index (χ3v) is 7.96. The van der Waals surface area contributed by atoms with Crippen LogP contribution in [-0.4, -0.2) is 50.9 Å². The van der Waals surface area contributed by atoms with Crippen LogP contribution in [0.25, 0.3) is 12.2 Å². The van der Waals surface area contributed by atoms with Crippen LogP contribution in [0.4, 0.5) is 23.1 Å². The molecule has 41 heavy (non-hydrogen) atoms. The SMILES string of the molecule is O=S(=O)(O)c1cc(Nc2nc(Cl)nc(Cl)n2)ccc1C=Cc1ccc(Nc2nc(Cl)nc(Cl)c2Cl)cc1S(=O)(=O)O. The molecule has 0 aliphatic heterocycles. The number of halogens is 5. The summed E-state index contributed by atoms with van der Waals surface area (Å²) < 4.78 is 68.2. The lowest BCUT2D eigenvalue weighted by molar-refractivity contribution is 0.480. The van der Waals surface area contributed by atoms with Gasteiger partial charge in [-0.15, -0.1) is 0 Å². The summed E-state index contributed by atoms with van der Waals surface area (Å²) in [6.07, 6.45) is 2.42. The van der Waals surface area contributed by atoms with Gasteiger partial charge in [0.05, 0.1) is 0 Å². The van der Waals surface area contributed by atoms with Crippen LogP contribution in [-0.2, 0) is 20.2 Å². The molecule has 0 amide bonds. The maximum atomic E-state index is 12.2. The number of hydrogen-bond donors (Lipinski definition) is 4. The summed E-state index contributed by atoms with van der Waals surface area (Å²) in [7, 11) is -9.57. The first-order chi connectivity index (χ1) is 19.1. The van der Waals surface area contributed by atoms with Gasteiger partial charge in [0.15, 0.2) is 11.0 Å². The van der Waals surface area contributed by atoms with Gasteiger partial charge in [0.1, 0.15) is 14.8 Å². The van der Waals surface area contributed by atoms with Gasteiger partial charge in [0.2, 0.25) is 21.8 Å². The van der Waals surface area contributed by atoms with Crippen LogP contribution in [0.15, 0.2) is 46.2 Å². The molecule has 4 rings (SSSR count). The molecule has 0 aliphatic carbocycles. The standard InChI is InChI=1S/C21H12Cl5N7O6S2/c22-15-16(23)29-18(24)30-17(15)27-11-5-3-9(13(7-11)40(34,35)36)1-2-10-4-6-12(8-14(10)41(37,38)39)28-21-32-19(25)31-20(26)33-21/h1-8H,(H,27,29,30)(H,34,35,36)(H,37,38,39)(H,28,31,32,33). The van der Waals surface area contributed by atoms with Crippen molar-refractivity contribution in [3.05, 3.63) is 73.6 Å². The molecule has 0 saturated heterocycles. The number of hydrogen-bond acceptors (Lipinski definition) is 11. The summed E-state index contributed by atoms with van der Waals surface area (Å²) in [5, 5.41) is 4.50. The Morgan fingerprint density at radius 1 is 0.634 bits per heavy atom. The minimum absolute atomic E-state index is 0.0329. The topological polar surface area (TPSA) is 197 Å². The summed E-state index contributed by atoms with van der Waals surface area (Å²) in [4.78, 5) is 17.7. The quantitative estimate of drug-likeness (QED) is 0.0715. The van der Waals surface area contributed by atoms with E-state index in [9.17, 15) is 25.9 Å². The molecule has 2 aromatic heterocycles. The second-order valence-corrected chi connectivity index (χ2v) is 12.2. The van der Waals surface area contributed by atoms with Crippen molar-refractivity contribution in [3.8, 4) is 0 Å². The normalized spacial score (nSPS) is 12.1. The van der Waals surface area contributed by atoms with Crippen LogP contribution in [0.5, 0.6) is 0 Å². The van der Waals surface area contributed by atoms with Crippen LogP contribution in [0.1, 0.15) is 11.1 Å². The van der Waals surface area contributed by atoms with E-state index >= 15 is 0 Å². The molecule has 0 fully saturated rings. The summed E-state index contributed by atoms with van der Waals surface area (Å²) in [6, 6.07) is 7.57. The van der Waals surface area contributed by atoms with Gasteiger partial charge in [0, 0.05) is 11.4 Å². The largest absolute Gasteiger partial charge is 0.339 e. The fourth-order valence-corrected chi connectivity index (χ4v) is 5.55. The second kappa shape index (κ2) is 12.2. The number of benzene rings is 2. The smallest absolute Gasteiger partial charge is 0.295 e. The molecule has 4 N–H and O–H groups in total. The summed E-state index contributed by atoms with van der Waals surface area (Å²) in [5.41, 5.74) is 0.173. The first-order valence-corrected chi connectivity index (χ1v) is 15.3. The number of aromatic nitrogens is 5. The highest BCUT2D eigenvalue weighted by Gasteiger charge is 2.19. The Morgan fingerprint density at radius 3 is 1.59 bits per heavy atom. The monoisotopic (exact) mass is 697 g/mol. The van der Waals surface area contributed by atoms with E-state index in [4.69, 9.17) is 58.0 Å². The predicted octanol–water partition coefficient (Wildman–Crippen LogP) is 6.08. The molecule has 0 saturated carbocycles. The van der Waals surface area contributed by atoms with E-state index in [2.05, 4.69) is 35.6 Å². The molecule has 0 unspecified atom stereocenters. The second-order valence-electron chi connectivity index (χ2n) is 7.68. The fourth-order valence-electron chi connectivity index (χ4n) is 3.25. The fraction of sp³-hybridized carbons (Fsp3) is 0. The van der Waals surface area contributed by atoms with E-state index in [0.717, 1.165) is 12.1 Å². The summed E-state index contributed by atoms with van der Waals surface area (Å²) in [6.45, 7) is 0. The Balaban J connectivity index is 1.70. The molecule has 0 radical (unpaired) electrons. The van der Waals surface area contributed by atoms with E-state index in [-0.39, 0.29) is 60.3 Å². The average molecular weight is 700 g/mol. The van der Waals surface area contributed by atoms with Gasteiger partial charge in [-0.25, -0.2) is 4.98 Å². The van der Waals surface area contributed by atoms with Crippen molar-refractivity contribution in [1.29, 1.82) is 0 Å². The third kappa shape index (κ3) is 7.91. The summed E-state index contributed by atoms with van der Waals surface area (Å²) in [5.74, 6) is -0.131. The van der Waals surface area contributed by atoms with E-state index in [1.54, 1.807) is 0 Å². The van der Waals surface area contributed by atoms with Crippen molar-refractivity contribution in [2.45, 2.75) is 9.79 Å². The highest BCUT2D eigenvalue weighted by molar-refractivity contribution is 7.86. The molecule has 214 valence electrons. The van der Waals surface area contributed by atoms with E-state index in [0.29, 0.717) is 0 Å². The van der Waals surface area contributed by atoms with Crippen molar-refractivity contribution in [2.24, 2.45) is 0 Å². The highest BCUT2D eigenvalue weighted by atomic mass is 35.5. The van der Waals surface area contributed by atoms with Gasteiger partial charge in [-0.3, -0.25) is 9.11 Å². The Morgan fingerprint density at radius 2 is 1.10 bits per heavy atom. The Hall–Kier alpha value is -2.86. The van der Waals surface area contributed by atoms with E-state index in [1.807, 2.05) is 0 Å². The van der Waals surface area contributed by atoms with Crippen molar-refractivity contribution < 1.29 is 25.9 Å². The predicted molar refractivity (Wildman–Crippen MR) is 155 cm³/mol. The summed E-state index contributed by atoms with van der Waals surface area (Å²) >= 11 is 29.2. The van der Waals surface area contributed by atoms with Gasteiger partial charge in [0.25, 0.3) is 20.2 Å². The van der Waals surface area contributed by atoms with Crippen molar-refractivity contribution in [2.75, 3.05) is 10.6 Å². The molecule has 4 aromatic rings. The molecule has 0 aliphatic rings. The van der Waals surface area contributed by atoms with E-state index in [1.165, 1.54) is 36.4 Å². The van der Waals surface area contributed by atoms with Gasteiger partial charge in [-0.1, -0.05) is 47.5 Å². The maximum absolute atomic E-state index is 12.2. The highest BCUT2D eigenvalue weighted by Crippen LogP contribution is 2.32. The average Bonchev–Trinajstić information content (AvgIpc) is 2.85. The van der Waals surface area contributed by atoms with Crippen molar-refractivity contribution in [3.63, 3.8) is 0 Å². The number of nitrogens with one attached hydrogen (secondary N) is 2. The molecule has 0 bridgehead atoms. The van der Waals surface area contributed by atoms with Crippen LogP contribution < -0.4 is 10.6 Å². The Bertz CT molecular complexity index is 1910. The van der Waals surface area contributed by atoms with Gasteiger partial charge in [-0.2, -0.15) is 36.8 Å². The first kappa shape index (κ1) is 31.1. The minimum Gasteiger partial charge on any atom is -0.339 e. The van der Waals surface area contributed by atoms with E-state index < -0.39 is 30.0 Å². The number of rotatable bonds is 8. The Labute approximate surface area is 257 Å². The lowest BCUT2D eigenvalue weighted by atomic mass is 10.1. The molecule has 2 heterocycles. The number of nitrogens with zero attached hydrogens (tertiary/aromatic N) is 5. The van der Waals surface area contributed by atoms with Crippen LogP contribution in [0.2, 0.25) is 26.0 Å². The van der Waals surface area contributed by atoms with Crippen molar-refractivity contribution in [1.82, 2.24) is 24.9 Å². The molecule has 0 spiro atoms. The lowest BCUT2D eigenvalue weighted by Crippen LogP contribution is -2.04. The lowest BCUT2D eigenvalue weighted by Gasteiger charge is -2.11. The molecule has 13 nitrogen and oxygen atoms in total. The van der Waals surface area contributed by atoms with Crippen molar-refractivity contribution >= 4 is 114 Å². The maximum Gasteiger partial charge on any atom is 0.295 e. The molecular formula is C21H12Cl5N7O6S2. The molecule has 20 heteroatoms. The van der Waals surface area contributed by atoms with Gasteiger partial charge >= 0.3 is 0 Å². The zero-order valence-corrected chi connectivity index (χ0v) is 25.0.